The van der Waals surface area contributed by atoms with E-state index in [2.05, 4.69) is 4.98 Å². The van der Waals surface area contributed by atoms with E-state index in [9.17, 15) is 4.79 Å². The molecule has 1 aliphatic rings. The van der Waals surface area contributed by atoms with Crippen molar-refractivity contribution >= 4 is 23.2 Å². The lowest BCUT2D eigenvalue weighted by Crippen LogP contribution is -2.38. The molecule has 0 bridgehead atoms. The molecule has 1 unspecified atom stereocenters. The smallest absolute Gasteiger partial charge is 0.148 e. The highest BCUT2D eigenvalue weighted by Crippen LogP contribution is 2.30. The number of nitrogens with zero attached hydrogens (tertiary/aromatic N) is 3. The van der Waals surface area contributed by atoms with Crippen LogP contribution in [0.4, 0.5) is 5.82 Å². The van der Waals surface area contributed by atoms with Gasteiger partial charge in [-0.15, -0.1) is 0 Å². The molecule has 0 saturated carbocycles. The molecule has 1 saturated heterocycles. The summed E-state index contributed by atoms with van der Waals surface area (Å²) in [6, 6.07) is 3.64. The molecule has 1 aliphatic heterocycles. The normalized spacial score (nSPS) is 19.4. The molecule has 94 valence electrons. The summed E-state index contributed by atoms with van der Waals surface area (Å²) in [5.74, 6) is 0.858. The van der Waals surface area contributed by atoms with Crippen molar-refractivity contribution in [3.8, 4) is 6.07 Å². The van der Waals surface area contributed by atoms with E-state index < -0.39 is 0 Å². The number of hydrogen-bond acceptors (Lipinski definition) is 4. The summed E-state index contributed by atoms with van der Waals surface area (Å²) in [6.45, 7) is 3.08. The Morgan fingerprint density at radius 2 is 2.44 bits per heavy atom. The summed E-state index contributed by atoms with van der Waals surface area (Å²) in [7, 11) is 0. The van der Waals surface area contributed by atoms with E-state index in [0.29, 0.717) is 22.9 Å². The number of halogens is 1. The Hall–Kier alpha value is -1.60. The first kappa shape index (κ1) is 12.8. The zero-order valence-corrected chi connectivity index (χ0v) is 10.9. The standard InChI is InChI=1S/C13H14ClN3O/c1-9(18)11-3-2-6-17(8-11)13-12(14)10(7-15)4-5-16-13/h4-5,11H,2-3,6,8H2,1H3. The van der Waals surface area contributed by atoms with E-state index in [-0.39, 0.29) is 11.7 Å². The van der Waals surface area contributed by atoms with E-state index in [0.717, 1.165) is 19.4 Å². The molecule has 2 heterocycles. The molecule has 1 aromatic heterocycles. The SMILES string of the molecule is CC(=O)C1CCCN(c2nccc(C#N)c2Cl)C1. The highest BCUT2D eigenvalue weighted by molar-refractivity contribution is 6.34. The van der Waals surface area contributed by atoms with Crippen molar-refractivity contribution in [2.75, 3.05) is 18.0 Å². The average Bonchev–Trinajstić information content (AvgIpc) is 2.39. The van der Waals surface area contributed by atoms with Crippen LogP contribution in [0.25, 0.3) is 0 Å². The monoisotopic (exact) mass is 263 g/mol. The maximum atomic E-state index is 11.5. The molecule has 18 heavy (non-hydrogen) atoms. The molecule has 0 aromatic carbocycles. The molecule has 5 heteroatoms. The van der Waals surface area contributed by atoms with Crippen LogP contribution in [-0.4, -0.2) is 23.9 Å². The van der Waals surface area contributed by atoms with Crippen LogP contribution in [0.15, 0.2) is 12.3 Å². The Labute approximate surface area is 111 Å². The van der Waals surface area contributed by atoms with Crippen LogP contribution in [0, 0.1) is 17.2 Å². The molecular weight excluding hydrogens is 250 g/mol. The number of pyridine rings is 1. The third-order valence-corrected chi connectivity index (χ3v) is 3.66. The second-order valence-corrected chi connectivity index (χ2v) is 4.88. The predicted octanol–water partition coefficient (Wildman–Crippen LogP) is 2.41. The summed E-state index contributed by atoms with van der Waals surface area (Å²) >= 11 is 6.16. The molecule has 1 aromatic rings. The Morgan fingerprint density at radius 1 is 1.67 bits per heavy atom. The van der Waals surface area contributed by atoms with Gasteiger partial charge in [0.05, 0.1) is 5.56 Å². The Morgan fingerprint density at radius 3 is 3.11 bits per heavy atom. The Balaban J connectivity index is 2.27. The predicted molar refractivity (Wildman–Crippen MR) is 69.6 cm³/mol. The average molecular weight is 264 g/mol. The van der Waals surface area contributed by atoms with E-state index >= 15 is 0 Å². The highest BCUT2D eigenvalue weighted by Gasteiger charge is 2.25. The molecule has 0 aliphatic carbocycles. The van der Waals surface area contributed by atoms with Crippen LogP contribution in [0.5, 0.6) is 0 Å². The van der Waals surface area contributed by atoms with Crippen LogP contribution < -0.4 is 4.90 Å². The van der Waals surface area contributed by atoms with Gasteiger partial charge in [0.2, 0.25) is 0 Å². The number of hydrogen-bond donors (Lipinski definition) is 0. The molecule has 2 rings (SSSR count). The maximum Gasteiger partial charge on any atom is 0.148 e. The van der Waals surface area contributed by atoms with E-state index in [1.54, 1.807) is 19.2 Å². The number of carbonyl (C=O) groups is 1. The van der Waals surface area contributed by atoms with Crippen molar-refractivity contribution in [3.63, 3.8) is 0 Å². The number of rotatable bonds is 2. The first-order valence-corrected chi connectivity index (χ1v) is 6.31. The van der Waals surface area contributed by atoms with Crippen LogP contribution in [-0.2, 0) is 4.79 Å². The molecule has 0 N–H and O–H groups in total. The quantitative estimate of drug-likeness (QED) is 0.822. The first-order chi connectivity index (χ1) is 8.63. The molecule has 4 nitrogen and oxygen atoms in total. The summed E-state index contributed by atoms with van der Waals surface area (Å²) in [6.07, 6.45) is 3.44. The lowest BCUT2D eigenvalue weighted by atomic mass is 9.94. The molecule has 1 atom stereocenters. The van der Waals surface area contributed by atoms with Crippen molar-refractivity contribution in [2.24, 2.45) is 5.92 Å². The first-order valence-electron chi connectivity index (χ1n) is 5.93. The Kier molecular flexibility index (Phi) is 3.83. The number of ketones is 1. The number of Topliss-reactive ketones (excluding diaryl/α,β-unsaturated/α-hetero) is 1. The second kappa shape index (κ2) is 5.36. The largest absolute Gasteiger partial charge is 0.355 e. The summed E-state index contributed by atoms with van der Waals surface area (Å²) in [4.78, 5) is 17.7. The van der Waals surface area contributed by atoms with E-state index in [1.807, 2.05) is 11.0 Å². The molecular formula is C13H14ClN3O. The third kappa shape index (κ3) is 2.46. The minimum atomic E-state index is 0.0439. The fraction of sp³-hybridized carbons (Fsp3) is 0.462. The van der Waals surface area contributed by atoms with Crippen LogP contribution in [0.2, 0.25) is 5.02 Å². The number of carbonyl (C=O) groups excluding carboxylic acids is 1. The number of nitriles is 1. The van der Waals surface area contributed by atoms with Crippen LogP contribution in [0.3, 0.4) is 0 Å². The molecule has 1 fully saturated rings. The van der Waals surface area contributed by atoms with Gasteiger partial charge in [0.15, 0.2) is 0 Å². The number of aromatic nitrogens is 1. The number of anilines is 1. The highest BCUT2D eigenvalue weighted by atomic mass is 35.5. The minimum absolute atomic E-state index is 0.0439. The summed E-state index contributed by atoms with van der Waals surface area (Å²) < 4.78 is 0. The van der Waals surface area contributed by atoms with Gasteiger partial charge < -0.3 is 4.90 Å². The minimum Gasteiger partial charge on any atom is -0.355 e. The molecule has 0 spiro atoms. The lowest BCUT2D eigenvalue weighted by molar-refractivity contribution is -0.120. The topological polar surface area (TPSA) is 57.0 Å². The Bertz CT molecular complexity index is 509. The van der Waals surface area contributed by atoms with Gasteiger partial charge in [-0.1, -0.05) is 11.6 Å². The van der Waals surface area contributed by atoms with Crippen LogP contribution >= 0.6 is 11.6 Å². The zero-order chi connectivity index (χ0) is 13.1. The van der Waals surface area contributed by atoms with Gasteiger partial charge >= 0.3 is 0 Å². The van der Waals surface area contributed by atoms with E-state index in [1.165, 1.54) is 0 Å². The van der Waals surface area contributed by atoms with Crippen LogP contribution in [0.1, 0.15) is 25.3 Å². The van der Waals surface area contributed by atoms with Gasteiger partial charge in [0.25, 0.3) is 0 Å². The van der Waals surface area contributed by atoms with Gasteiger partial charge in [-0.05, 0) is 25.8 Å². The zero-order valence-electron chi connectivity index (χ0n) is 10.2. The van der Waals surface area contributed by atoms with Gasteiger partial charge in [-0.2, -0.15) is 5.26 Å². The molecule has 0 radical (unpaired) electrons. The van der Waals surface area contributed by atoms with Crippen molar-refractivity contribution < 1.29 is 4.79 Å². The maximum absolute atomic E-state index is 11.5. The fourth-order valence-corrected chi connectivity index (χ4v) is 2.51. The van der Waals surface area contributed by atoms with Gasteiger partial charge in [-0.3, -0.25) is 4.79 Å². The second-order valence-electron chi connectivity index (χ2n) is 4.50. The lowest BCUT2D eigenvalue weighted by Gasteiger charge is -2.32. The van der Waals surface area contributed by atoms with Crippen molar-refractivity contribution in [3.05, 3.63) is 22.8 Å². The fourth-order valence-electron chi connectivity index (χ4n) is 2.24. The number of piperidine rings is 1. The van der Waals surface area contributed by atoms with E-state index in [4.69, 9.17) is 16.9 Å². The molecule has 0 amide bonds. The van der Waals surface area contributed by atoms with Crippen molar-refractivity contribution in [2.45, 2.75) is 19.8 Å². The van der Waals surface area contributed by atoms with Gasteiger partial charge in [0.1, 0.15) is 22.7 Å². The van der Waals surface area contributed by atoms with Gasteiger partial charge in [0, 0.05) is 25.2 Å². The third-order valence-electron chi connectivity index (χ3n) is 3.29. The van der Waals surface area contributed by atoms with Crippen molar-refractivity contribution in [1.29, 1.82) is 5.26 Å². The van der Waals surface area contributed by atoms with Gasteiger partial charge in [-0.25, -0.2) is 4.98 Å². The summed E-state index contributed by atoms with van der Waals surface area (Å²) in [5, 5.41) is 9.33. The summed E-state index contributed by atoms with van der Waals surface area (Å²) in [5.41, 5.74) is 0.423. The van der Waals surface area contributed by atoms with Crippen molar-refractivity contribution in [1.82, 2.24) is 4.98 Å².